The van der Waals surface area contributed by atoms with Crippen molar-refractivity contribution in [1.82, 2.24) is 0 Å². The topological polar surface area (TPSA) is 26.0 Å². The van der Waals surface area contributed by atoms with Gasteiger partial charge in [-0.25, -0.2) is 0 Å². The second-order valence-corrected chi connectivity index (χ2v) is 4.93. The van der Waals surface area contributed by atoms with E-state index in [9.17, 15) is 0 Å². The normalized spacial score (nSPS) is 19.4. The Morgan fingerprint density at radius 2 is 2.00 bits per heavy atom. The largest absolute Gasteiger partial charge is 0.324 e. The van der Waals surface area contributed by atoms with E-state index in [1.165, 1.54) is 25.7 Å². The summed E-state index contributed by atoms with van der Waals surface area (Å²) in [5, 5.41) is 0.858. The third kappa shape index (κ3) is 2.19. The van der Waals surface area contributed by atoms with E-state index in [4.69, 9.17) is 17.3 Å². The number of hydrogen-bond acceptors (Lipinski definition) is 1. The highest BCUT2D eigenvalue weighted by atomic mass is 35.5. The third-order valence-corrected chi connectivity index (χ3v) is 4.00. The van der Waals surface area contributed by atoms with E-state index in [2.05, 4.69) is 6.07 Å². The number of aryl methyl sites for hydroxylation is 1. The quantitative estimate of drug-likeness (QED) is 0.810. The second-order valence-electron chi connectivity index (χ2n) is 4.55. The number of nitrogens with two attached hydrogens (primary N) is 1. The molecule has 0 aliphatic heterocycles. The number of rotatable bonds is 2. The Bertz CT molecular complexity index is 342. The van der Waals surface area contributed by atoms with Gasteiger partial charge in [-0.2, -0.15) is 0 Å². The molecule has 15 heavy (non-hydrogen) atoms. The molecule has 1 fully saturated rings. The van der Waals surface area contributed by atoms with Gasteiger partial charge in [-0.05, 0) is 36.8 Å². The third-order valence-electron chi connectivity index (χ3n) is 3.49. The number of hydrogen-bond donors (Lipinski definition) is 1. The van der Waals surface area contributed by atoms with E-state index in [0.29, 0.717) is 5.92 Å². The minimum absolute atomic E-state index is 0.125. The molecule has 1 unspecified atom stereocenters. The molecular weight excluding hydrogens is 206 g/mol. The zero-order valence-corrected chi connectivity index (χ0v) is 9.93. The SMILES string of the molecule is Cc1cccc(C(N)C2CCCC2)c1Cl. The zero-order chi connectivity index (χ0) is 10.8. The fourth-order valence-corrected chi connectivity index (χ4v) is 2.75. The summed E-state index contributed by atoms with van der Waals surface area (Å²) in [4.78, 5) is 0. The lowest BCUT2D eigenvalue weighted by atomic mass is 9.92. The van der Waals surface area contributed by atoms with Gasteiger partial charge in [0.05, 0.1) is 0 Å². The second kappa shape index (κ2) is 4.54. The molecule has 1 atom stereocenters. The van der Waals surface area contributed by atoms with Gasteiger partial charge in [-0.3, -0.25) is 0 Å². The molecule has 1 saturated carbocycles. The predicted molar refractivity (Wildman–Crippen MR) is 65.1 cm³/mol. The smallest absolute Gasteiger partial charge is 0.0483 e. The average Bonchev–Trinajstić information content (AvgIpc) is 2.74. The maximum atomic E-state index is 6.29. The van der Waals surface area contributed by atoms with Crippen molar-refractivity contribution in [2.75, 3.05) is 0 Å². The highest BCUT2D eigenvalue weighted by Crippen LogP contribution is 2.37. The minimum Gasteiger partial charge on any atom is -0.324 e. The summed E-state index contributed by atoms with van der Waals surface area (Å²) in [6.45, 7) is 2.03. The summed E-state index contributed by atoms with van der Waals surface area (Å²) >= 11 is 6.29. The molecular formula is C13H18ClN. The summed E-state index contributed by atoms with van der Waals surface area (Å²) < 4.78 is 0. The van der Waals surface area contributed by atoms with Crippen LogP contribution in [-0.4, -0.2) is 0 Å². The molecule has 2 N–H and O–H groups in total. The first-order valence-electron chi connectivity index (χ1n) is 5.70. The Hall–Kier alpha value is -0.530. The molecule has 0 radical (unpaired) electrons. The molecule has 0 spiro atoms. The predicted octanol–water partition coefficient (Wildman–Crippen LogP) is 3.84. The molecule has 1 aromatic carbocycles. The molecule has 0 heterocycles. The van der Waals surface area contributed by atoms with Gasteiger partial charge in [0, 0.05) is 11.1 Å². The van der Waals surface area contributed by atoms with Crippen molar-refractivity contribution in [2.45, 2.75) is 38.6 Å². The van der Waals surface area contributed by atoms with Crippen LogP contribution < -0.4 is 5.73 Å². The molecule has 2 rings (SSSR count). The summed E-state index contributed by atoms with van der Waals surface area (Å²) in [7, 11) is 0. The van der Waals surface area contributed by atoms with Crippen molar-refractivity contribution in [2.24, 2.45) is 11.7 Å². The minimum atomic E-state index is 0.125. The van der Waals surface area contributed by atoms with Gasteiger partial charge in [0.25, 0.3) is 0 Å². The van der Waals surface area contributed by atoms with Crippen molar-refractivity contribution in [3.8, 4) is 0 Å². The summed E-state index contributed by atoms with van der Waals surface area (Å²) in [5.74, 6) is 0.629. The van der Waals surface area contributed by atoms with Crippen LogP contribution in [0.5, 0.6) is 0 Å². The zero-order valence-electron chi connectivity index (χ0n) is 9.17. The van der Waals surface area contributed by atoms with Crippen molar-refractivity contribution in [3.63, 3.8) is 0 Å². The Labute approximate surface area is 96.6 Å². The van der Waals surface area contributed by atoms with Crippen LogP contribution in [0.4, 0.5) is 0 Å². The van der Waals surface area contributed by atoms with Gasteiger partial charge in [0.2, 0.25) is 0 Å². The molecule has 0 saturated heterocycles. The standard InChI is InChI=1S/C13H18ClN/c1-9-5-4-8-11(12(9)14)13(15)10-6-2-3-7-10/h4-5,8,10,13H,2-3,6-7,15H2,1H3. The van der Waals surface area contributed by atoms with Gasteiger partial charge < -0.3 is 5.73 Å². The lowest BCUT2D eigenvalue weighted by Crippen LogP contribution is -2.19. The van der Waals surface area contributed by atoms with Crippen molar-refractivity contribution < 1.29 is 0 Å². The van der Waals surface area contributed by atoms with Crippen LogP contribution in [-0.2, 0) is 0 Å². The van der Waals surface area contributed by atoms with Gasteiger partial charge in [-0.15, -0.1) is 0 Å². The molecule has 1 aliphatic carbocycles. The maximum Gasteiger partial charge on any atom is 0.0483 e. The van der Waals surface area contributed by atoms with Crippen molar-refractivity contribution in [3.05, 3.63) is 34.3 Å². The van der Waals surface area contributed by atoms with E-state index in [1.54, 1.807) is 0 Å². The van der Waals surface area contributed by atoms with Crippen LogP contribution in [0, 0.1) is 12.8 Å². The number of halogens is 1. The summed E-state index contributed by atoms with van der Waals surface area (Å²) in [6.07, 6.45) is 5.15. The molecule has 82 valence electrons. The van der Waals surface area contributed by atoms with Crippen molar-refractivity contribution >= 4 is 11.6 Å². The van der Waals surface area contributed by atoms with E-state index in [1.807, 2.05) is 19.1 Å². The van der Waals surface area contributed by atoms with E-state index in [0.717, 1.165) is 16.1 Å². The molecule has 0 bridgehead atoms. The first kappa shape index (κ1) is 11.0. The van der Waals surface area contributed by atoms with E-state index >= 15 is 0 Å². The monoisotopic (exact) mass is 223 g/mol. The van der Waals surface area contributed by atoms with Crippen LogP contribution in [0.2, 0.25) is 5.02 Å². The van der Waals surface area contributed by atoms with Crippen LogP contribution in [0.15, 0.2) is 18.2 Å². The van der Waals surface area contributed by atoms with Crippen LogP contribution in [0.1, 0.15) is 42.9 Å². The fraction of sp³-hybridized carbons (Fsp3) is 0.538. The lowest BCUT2D eigenvalue weighted by molar-refractivity contribution is 0.445. The van der Waals surface area contributed by atoms with Crippen LogP contribution >= 0.6 is 11.6 Å². The Morgan fingerprint density at radius 3 is 2.67 bits per heavy atom. The maximum absolute atomic E-state index is 6.29. The molecule has 2 heteroatoms. The number of benzene rings is 1. The summed E-state index contributed by atoms with van der Waals surface area (Å²) in [6, 6.07) is 6.27. The lowest BCUT2D eigenvalue weighted by Gasteiger charge is -2.21. The molecule has 1 aliphatic rings. The summed E-state index contributed by atoms with van der Waals surface area (Å²) in [5.41, 5.74) is 8.54. The fourth-order valence-electron chi connectivity index (χ4n) is 2.50. The first-order valence-corrected chi connectivity index (χ1v) is 6.08. The molecule has 0 aromatic heterocycles. The van der Waals surface area contributed by atoms with Gasteiger partial charge >= 0.3 is 0 Å². The molecule has 1 nitrogen and oxygen atoms in total. The van der Waals surface area contributed by atoms with Crippen LogP contribution in [0.25, 0.3) is 0 Å². The van der Waals surface area contributed by atoms with E-state index in [-0.39, 0.29) is 6.04 Å². The highest BCUT2D eigenvalue weighted by molar-refractivity contribution is 6.32. The first-order chi connectivity index (χ1) is 7.20. The molecule has 0 amide bonds. The average molecular weight is 224 g/mol. The van der Waals surface area contributed by atoms with Gasteiger partial charge in [0.15, 0.2) is 0 Å². The molecule has 1 aromatic rings. The van der Waals surface area contributed by atoms with Gasteiger partial charge in [-0.1, -0.05) is 42.6 Å². The van der Waals surface area contributed by atoms with Crippen molar-refractivity contribution in [1.29, 1.82) is 0 Å². The Balaban J connectivity index is 2.24. The Kier molecular flexibility index (Phi) is 3.32. The Morgan fingerprint density at radius 1 is 1.33 bits per heavy atom. The van der Waals surface area contributed by atoms with Crippen LogP contribution in [0.3, 0.4) is 0 Å². The van der Waals surface area contributed by atoms with E-state index < -0.39 is 0 Å². The van der Waals surface area contributed by atoms with Gasteiger partial charge in [0.1, 0.15) is 0 Å². The highest BCUT2D eigenvalue weighted by Gasteiger charge is 2.24.